The highest BCUT2D eigenvalue weighted by atomic mass is 35.5. The molecule has 2 aromatic rings. The van der Waals surface area contributed by atoms with Crippen molar-refractivity contribution in [3.8, 4) is 5.75 Å². The van der Waals surface area contributed by atoms with E-state index in [1.165, 1.54) is 13.2 Å². The third kappa shape index (κ3) is 4.00. The number of morpholine rings is 1. The summed E-state index contributed by atoms with van der Waals surface area (Å²) in [6.45, 7) is 2.57. The van der Waals surface area contributed by atoms with Gasteiger partial charge in [0, 0.05) is 18.1 Å². The Balaban J connectivity index is 1.97. The quantitative estimate of drug-likeness (QED) is 0.861. The van der Waals surface area contributed by atoms with Crippen molar-refractivity contribution < 1.29 is 17.9 Å². The molecular weight excluding hydrogens is 364 g/mol. The van der Waals surface area contributed by atoms with E-state index in [-0.39, 0.29) is 10.6 Å². The molecule has 1 N–H and O–H groups in total. The highest BCUT2D eigenvalue weighted by Gasteiger charge is 2.22. The van der Waals surface area contributed by atoms with Crippen LogP contribution in [0.3, 0.4) is 0 Å². The summed E-state index contributed by atoms with van der Waals surface area (Å²) in [7, 11) is -2.39. The summed E-state index contributed by atoms with van der Waals surface area (Å²) in [4.78, 5) is 2.14. The monoisotopic (exact) mass is 382 g/mol. The van der Waals surface area contributed by atoms with Gasteiger partial charge in [0.05, 0.1) is 31.7 Å². The molecule has 0 aliphatic carbocycles. The second-order valence-corrected chi connectivity index (χ2v) is 7.60. The number of anilines is 2. The molecule has 0 spiro atoms. The molecule has 0 aromatic heterocycles. The zero-order valence-electron chi connectivity index (χ0n) is 13.7. The number of rotatable bonds is 5. The van der Waals surface area contributed by atoms with Crippen LogP contribution in [0, 0.1) is 0 Å². The number of sulfonamides is 1. The molecule has 1 heterocycles. The normalized spacial score (nSPS) is 15.0. The van der Waals surface area contributed by atoms with Gasteiger partial charge >= 0.3 is 0 Å². The van der Waals surface area contributed by atoms with Crippen molar-refractivity contribution in [2.45, 2.75) is 4.90 Å². The van der Waals surface area contributed by atoms with Crippen LogP contribution in [0.1, 0.15) is 0 Å². The Morgan fingerprint density at radius 3 is 2.60 bits per heavy atom. The summed E-state index contributed by atoms with van der Waals surface area (Å²) in [6.07, 6.45) is 0. The van der Waals surface area contributed by atoms with Gasteiger partial charge in [-0.1, -0.05) is 23.7 Å². The summed E-state index contributed by atoms with van der Waals surface area (Å²) < 4.78 is 38.9. The second-order valence-electron chi connectivity index (χ2n) is 5.52. The number of hydrogen-bond donors (Lipinski definition) is 1. The Kier molecular flexibility index (Phi) is 5.36. The first kappa shape index (κ1) is 17.8. The number of nitrogens with zero attached hydrogens (tertiary/aromatic N) is 1. The summed E-state index contributed by atoms with van der Waals surface area (Å²) >= 11 is 6.09. The fourth-order valence-corrected chi connectivity index (χ4v) is 4.12. The average molecular weight is 383 g/mol. The topological polar surface area (TPSA) is 67.9 Å². The van der Waals surface area contributed by atoms with Crippen molar-refractivity contribution in [2.24, 2.45) is 0 Å². The van der Waals surface area contributed by atoms with E-state index in [2.05, 4.69) is 9.62 Å². The Hall–Kier alpha value is -1.96. The van der Waals surface area contributed by atoms with Gasteiger partial charge in [-0.05, 0) is 30.3 Å². The first-order valence-electron chi connectivity index (χ1n) is 7.79. The number of ether oxygens (including phenoxy) is 2. The summed E-state index contributed by atoms with van der Waals surface area (Å²) in [5.74, 6) is 0.282. The van der Waals surface area contributed by atoms with Crippen LogP contribution in [0.4, 0.5) is 11.4 Å². The zero-order valence-corrected chi connectivity index (χ0v) is 15.3. The molecule has 0 atom stereocenters. The smallest absolute Gasteiger partial charge is 0.265 e. The lowest BCUT2D eigenvalue weighted by Crippen LogP contribution is -2.36. The average Bonchev–Trinajstić information content (AvgIpc) is 2.62. The van der Waals surface area contributed by atoms with Gasteiger partial charge in [-0.3, -0.25) is 4.72 Å². The predicted molar refractivity (Wildman–Crippen MR) is 98.3 cm³/mol. The number of methoxy groups -OCH3 is 1. The van der Waals surface area contributed by atoms with Gasteiger partial charge < -0.3 is 14.4 Å². The predicted octanol–water partition coefficient (Wildman–Crippen LogP) is 2.99. The summed E-state index contributed by atoms with van der Waals surface area (Å²) in [5, 5.41) is 0.453. The number of nitrogens with one attached hydrogen (secondary N) is 1. The van der Waals surface area contributed by atoms with E-state index in [0.717, 1.165) is 5.69 Å². The molecule has 1 fully saturated rings. The molecule has 0 saturated carbocycles. The molecule has 0 amide bonds. The van der Waals surface area contributed by atoms with Crippen LogP contribution >= 0.6 is 11.6 Å². The SMILES string of the molecule is COc1ccccc1S(=O)(=O)Nc1cc(Cl)ccc1N1CCOCC1. The first-order valence-corrected chi connectivity index (χ1v) is 9.65. The maximum Gasteiger partial charge on any atom is 0.265 e. The fourth-order valence-electron chi connectivity index (χ4n) is 2.71. The van der Waals surface area contributed by atoms with E-state index in [1.807, 2.05) is 6.07 Å². The Bertz CT molecular complexity index is 851. The van der Waals surface area contributed by atoms with E-state index in [1.54, 1.807) is 30.3 Å². The number of benzene rings is 2. The van der Waals surface area contributed by atoms with Gasteiger partial charge in [0.1, 0.15) is 10.6 Å². The van der Waals surface area contributed by atoms with Crippen LogP contribution in [0.5, 0.6) is 5.75 Å². The molecule has 1 aliphatic heterocycles. The third-order valence-electron chi connectivity index (χ3n) is 3.91. The Morgan fingerprint density at radius 2 is 1.88 bits per heavy atom. The van der Waals surface area contributed by atoms with Gasteiger partial charge in [-0.25, -0.2) is 8.42 Å². The van der Waals surface area contributed by atoms with Crippen molar-refractivity contribution in [3.63, 3.8) is 0 Å². The van der Waals surface area contributed by atoms with Gasteiger partial charge in [-0.2, -0.15) is 0 Å². The maximum absolute atomic E-state index is 12.9. The molecule has 25 heavy (non-hydrogen) atoms. The maximum atomic E-state index is 12.9. The molecule has 0 unspecified atom stereocenters. The van der Waals surface area contributed by atoms with E-state index in [9.17, 15) is 8.42 Å². The van der Waals surface area contributed by atoms with Gasteiger partial charge in [0.15, 0.2) is 0 Å². The van der Waals surface area contributed by atoms with E-state index in [4.69, 9.17) is 21.1 Å². The van der Waals surface area contributed by atoms with Crippen molar-refractivity contribution in [1.29, 1.82) is 0 Å². The minimum atomic E-state index is -3.83. The Labute approximate surface area is 152 Å². The van der Waals surface area contributed by atoms with Crippen LogP contribution in [0.15, 0.2) is 47.4 Å². The minimum Gasteiger partial charge on any atom is -0.495 e. The molecule has 6 nitrogen and oxygen atoms in total. The second kappa shape index (κ2) is 7.51. The van der Waals surface area contributed by atoms with E-state index < -0.39 is 10.0 Å². The van der Waals surface area contributed by atoms with Gasteiger partial charge in [0.25, 0.3) is 10.0 Å². The molecule has 2 aromatic carbocycles. The fraction of sp³-hybridized carbons (Fsp3) is 0.294. The van der Waals surface area contributed by atoms with Crippen molar-refractivity contribution in [2.75, 3.05) is 43.0 Å². The van der Waals surface area contributed by atoms with Crippen molar-refractivity contribution in [1.82, 2.24) is 0 Å². The number of para-hydroxylation sites is 1. The standard InChI is InChI=1S/C17H19ClN2O4S/c1-23-16-4-2-3-5-17(16)25(21,22)19-14-12-13(18)6-7-15(14)20-8-10-24-11-9-20/h2-7,12,19H,8-11H2,1H3. The van der Waals surface area contributed by atoms with E-state index >= 15 is 0 Å². The van der Waals surface area contributed by atoms with Gasteiger partial charge in [0.2, 0.25) is 0 Å². The molecule has 3 rings (SSSR count). The first-order chi connectivity index (χ1) is 12.0. The largest absolute Gasteiger partial charge is 0.495 e. The van der Waals surface area contributed by atoms with E-state index in [0.29, 0.717) is 37.0 Å². The highest BCUT2D eigenvalue weighted by molar-refractivity contribution is 7.92. The van der Waals surface area contributed by atoms with Crippen LogP contribution in [-0.4, -0.2) is 41.8 Å². The molecule has 8 heteroatoms. The van der Waals surface area contributed by atoms with Crippen LogP contribution in [0.25, 0.3) is 0 Å². The minimum absolute atomic E-state index is 0.0744. The number of halogens is 1. The van der Waals surface area contributed by atoms with Crippen molar-refractivity contribution in [3.05, 3.63) is 47.5 Å². The van der Waals surface area contributed by atoms with Gasteiger partial charge in [-0.15, -0.1) is 0 Å². The lowest BCUT2D eigenvalue weighted by atomic mass is 10.2. The molecular formula is C17H19ClN2O4S. The molecule has 0 bridgehead atoms. The molecule has 0 radical (unpaired) electrons. The van der Waals surface area contributed by atoms with Crippen LogP contribution in [-0.2, 0) is 14.8 Å². The highest BCUT2D eigenvalue weighted by Crippen LogP contribution is 2.33. The molecule has 1 saturated heterocycles. The van der Waals surface area contributed by atoms with Crippen LogP contribution < -0.4 is 14.4 Å². The number of hydrogen-bond acceptors (Lipinski definition) is 5. The van der Waals surface area contributed by atoms with Crippen LogP contribution in [0.2, 0.25) is 5.02 Å². The lowest BCUT2D eigenvalue weighted by Gasteiger charge is -2.30. The third-order valence-corrected chi connectivity index (χ3v) is 5.55. The Morgan fingerprint density at radius 1 is 1.16 bits per heavy atom. The lowest BCUT2D eigenvalue weighted by molar-refractivity contribution is 0.123. The van der Waals surface area contributed by atoms with Crippen molar-refractivity contribution >= 4 is 33.0 Å². The summed E-state index contributed by atoms with van der Waals surface area (Å²) in [6, 6.07) is 11.6. The zero-order chi connectivity index (χ0) is 17.9. The molecule has 1 aliphatic rings. The molecule has 134 valence electrons. The summed E-state index contributed by atoms with van der Waals surface area (Å²) in [5.41, 5.74) is 1.20.